The van der Waals surface area contributed by atoms with Gasteiger partial charge < -0.3 is 20.5 Å². The van der Waals surface area contributed by atoms with Crippen LogP contribution in [0.3, 0.4) is 0 Å². The monoisotopic (exact) mass is 266 g/mol. The van der Waals surface area contributed by atoms with Crippen molar-refractivity contribution in [2.24, 2.45) is 0 Å². The van der Waals surface area contributed by atoms with Crippen molar-refractivity contribution in [1.82, 2.24) is 0 Å². The van der Waals surface area contributed by atoms with E-state index in [0.29, 0.717) is 12.2 Å². The van der Waals surface area contributed by atoms with Crippen LogP contribution in [-0.2, 0) is 0 Å². The van der Waals surface area contributed by atoms with Gasteiger partial charge in [0.25, 0.3) is 0 Å². The molecule has 0 heterocycles. The summed E-state index contributed by atoms with van der Waals surface area (Å²) in [4.78, 5) is 2.15. The molecule has 0 fully saturated rings. The first-order chi connectivity index (χ1) is 9.06. The quantitative estimate of drug-likeness (QED) is 0.710. The maximum atomic E-state index is 9.18. The molecule has 0 atom stereocenters. The van der Waals surface area contributed by atoms with Crippen molar-refractivity contribution in [2.45, 2.75) is 39.7 Å². The Hall–Kier alpha value is -1.42. The van der Waals surface area contributed by atoms with Gasteiger partial charge in [-0.3, -0.25) is 0 Å². The predicted octanol–water partition coefficient (Wildman–Crippen LogP) is 2.65. The van der Waals surface area contributed by atoms with E-state index in [1.807, 2.05) is 32.0 Å². The lowest BCUT2D eigenvalue weighted by molar-refractivity contribution is 0.242. The third-order valence-electron chi connectivity index (χ3n) is 2.80. The van der Waals surface area contributed by atoms with Gasteiger partial charge in [-0.15, -0.1) is 0 Å². The molecule has 0 saturated heterocycles. The molecule has 0 saturated carbocycles. The van der Waals surface area contributed by atoms with Crippen molar-refractivity contribution in [2.75, 3.05) is 30.3 Å². The summed E-state index contributed by atoms with van der Waals surface area (Å²) in [6.07, 6.45) is 2.34. The van der Waals surface area contributed by atoms with Gasteiger partial charge in [0.15, 0.2) is 0 Å². The number of unbranched alkanes of at least 4 members (excludes halogenated alkanes) is 1. The minimum absolute atomic E-state index is 0.122. The van der Waals surface area contributed by atoms with Gasteiger partial charge in [0, 0.05) is 36.6 Å². The van der Waals surface area contributed by atoms with Crippen LogP contribution in [-0.4, -0.2) is 30.9 Å². The summed E-state index contributed by atoms with van der Waals surface area (Å²) >= 11 is 0. The summed E-state index contributed by atoms with van der Waals surface area (Å²) in [6, 6.07) is 5.75. The lowest BCUT2D eigenvalue weighted by atomic mass is 10.2. The molecule has 0 aliphatic rings. The molecule has 0 aliphatic heterocycles. The molecule has 19 heavy (non-hydrogen) atoms. The van der Waals surface area contributed by atoms with Gasteiger partial charge >= 0.3 is 0 Å². The van der Waals surface area contributed by atoms with Gasteiger partial charge in [-0.2, -0.15) is 0 Å². The van der Waals surface area contributed by atoms with Crippen LogP contribution in [0.5, 0.6) is 5.75 Å². The fraction of sp³-hybridized carbons (Fsp3) is 0.600. The van der Waals surface area contributed by atoms with Crippen LogP contribution in [0, 0.1) is 0 Å². The Morgan fingerprint density at radius 2 is 2.00 bits per heavy atom. The molecular weight excluding hydrogens is 240 g/mol. The van der Waals surface area contributed by atoms with Crippen LogP contribution >= 0.6 is 0 Å². The van der Waals surface area contributed by atoms with Crippen molar-refractivity contribution in [3.63, 3.8) is 0 Å². The van der Waals surface area contributed by atoms with Crippen molar-refractivity contribution in [1.29, 1.82) is 0 Å². The lowest BCUT2D eigenvalue weighted by Crippen LogP contribution is -2.27. The van der Waals surface area contributed by atoms with Crippen molar-refractivity contribution in [3.8, 4) is 5.75 Å². The Bertz CT molecular complexity index is 380. The predicted molar refractivity (Wildman–Crippen MR) is 80.8 cm³/mol. The second kappa shape index (κ2) is 7.89. The van der Waals surface area contributed by atoms with E-state index in [9.17, 15) is 5.11 Å². The highest BCUT2D eigenvalue weighted by atomic mass is 16.5. The smallest absolute Gasteiger partial charge is 0.123 e. The lowest BCUT2D eigenvalue weighted by Gasteiger charge is -2.25. The summed E-state index contributed by atoms with van der Waals surface area (Å²) in [7, 11) is 0. The zero-order chi connectivity index (χ0) is 14.3. The zero-order valence-electron chi connectivity index (χ0n) is 12.2. The second-order valence-corrected chi connectivity index (χ2v) is 4.99. The molecule has 0 spiro atoms. The Balaban J connectivity index is 2.90. The first-order valence-electron chi connectivity index (χ1n) is 6.99. The highest BCUT2D eigenvalue weighted by molar-refractivity contribution is 5.60. The van der Waals surface area contributed by atoms with Crippen molar-refractivity contribution >= 4 is 11.4 Å². The van der Waals surface area contributed by atoms with E-state index in [4.69, 9.17) is 10.5 Å². The number of aliphatic hydroxyl groups is 1. The number of nitrogen functional groups attached to an aromatic ring is 1. The molecule has 1 rings (SSSR count). The van der Waals surface area contributed by atoms with Crippen LogP contribution in [0.4, 0.5) is 11.4 Å². The molecule has 0 amide bonds. The second-order valence-electron chi connectivity index (χ2n) is 4.99. The minimum atomic E-state index is 0.122. The maximum absolute atomic E-state index is 9.18. The van der Waals surface area contributed by atoms with Gasteiger partial charge in [-0.05, 0) is 26.3 Å². The molecule has 1 aromatic rings. The molecule has 4 nitrogen and oxygen atoms in total. The number of hydrogen-bond acceptors (Lipinski definition) is 4. The van der Waals surface area contributed by atoms with Gasteiger partial charge in [-0.25, -0.2) is 0 Å². The third kappa shape index (κ3) is 5.39. The van der Waals surface area contributed by atoms with E-state index in [-0.39, 0.29) is 12.7 Å². The molecule has 0 radical (unpaired) electrons. The van der Waals surface area contributed by atoms with Crippen LogP contribution in [0.15, 0.2) is 18.2 Å². The number of rotatable bonds is 8. The highest BCUT2D eigenvalue weighted by Crippen LogP contribution is 2.26. The normalized spacial score (nSPS) is 10.8. The fourth-order valence-electron chi connectivity index (χ4n) is 1.97. The molecule has 0 aliphatic carbocycles. The first-order valence-corrected chi connectivity index (χ1v) is 6.99. The van der Waals surface area contributed by atoms with E-state index >= 15 is 0 Å². The largest absolute Gasteiger partial charge is 0.491 e. The number of aliphatic hydroxyl groups excluding tert-OH is 1. The Morgan fingerprint density at radius 1 is 1.26 bits per heavy atom. The third-order valence-corrected chi connectivity index (χ3v) is 2.80. The van der Waals surface area contributed by atoms with Crippen molar-refractivity contribution in [3.05, 3.63) is 18.2 Å². The topological polar surface area (TPSA) is 58.7 Å². The van der Waals surface area contributed by atoms with Crippen molar-refractivity contribution < 1.29 is 9.84 Å². The van der Waals surface area contributed by atoms with Crippen LogP contribution in [0.25, 0.3) is 0 Å². The van der Waals surface area contributed by atoms with E-state index in [1.54, 1.807) is 0 Å². The fourth-order valence-corrected chi connectivity index (χ4v) is 1.97. The van der Waals surface area contributed by atoms with Crippen LogP contribution < -0.4 is 15.4 Å². The molecule has 3 N–H and O–H groups in total. The molecule has 4 heteroatoms. The van der Waals surface area contributed by atoms with Gasteiger partial charge in [-0.1, -0.05) is 13.3 Å². The average molecular weight is 266 g/mol. The van der Waals surface area contributed by atoms with Gasteiger partial charge in [0.05, 0.1) is 12.7 Å². The maximum Gasteiger partial charge on any atom is 0.123 e. The molecule has 0 aromatic heterocycles. The SMILES string of the molecule is CCCCN(CCO)c1cc(N)cc(OC(C)C)c1. The van der Waals surface area contributed by atoms with Crippen LogP contribution in [0.1, 0.15) is 33.6 Å². The summed E-state index contributed by atoms with van der Waals surface area (Å²) in [5.41, 5.74) is 7.63. The van der Waals surface area contributed by atoms with Crippen LogP contribution in [0.2, 0.25) is 0 Å². The number of hydrogen-bond donors (Lipinski definition) is 2. The number of nitrogens with zero attached hydrogens (tertiary/aromatic N) is 1. The molecule has 0 unspecified atom stereocenters. The molecule has 0 bridgehead atoms. The summed E-state index contributed by atoms with van der Waals surface area (Å²) in [6.45, 7) is 7.81. The van der Waals surface area contributed by atoms with Gasteiger partial charge in [0.1, 0.15) is 5.75 Å². The van der Waals surface area contributed by atoms with E-state index < -0.39 is 0 Å². The van der Waals surface area contributed by atoms with E-state index in [1.165, 1.54) is 0 Å². The Morgan fingerprint density at radius 3 is 2.58 bits per heavy atom. The zero-order valence-corrected chi connectivity index (χ0v) is 12.2. The first kappa shape index (κ1) is 15.6. The highest BCUT2D eigenvalue weighted by Gasteiger charge is 2.09. The number of anilines is 2. The average Bonchev–Trinajstić information content (AvgIpc) is 2.32. The summed E-state index contributed by atoms with van der Waals surface area (Å²) < 4.78 is 5.70. The molecular formula is C15H26N2O2. The number of ether oxygens (including phenoxy) is 1. The van der Waals surface area contributed by atoms with E-state index in [2.05, 4.69) is 11.8 Å². The Labute approximate surface area is 116 Å². The molecule has 108 valence electrons. The minimum Gasteiger partial charge on any atom is -0.491 e. The Kier molecular flexibility index (Phi) is 6.50. The number of nitrogens with two attached hydrogens (primary N) is 1. The molecule has 1 aromatic carbocycles. The van der Waals surface area contributed by atoms with Gasteiger partial charge in [0.2, 0.25) is 0 Å². The standard InChI is InChI=1S/C15H26N2O2/c1-4-5-6-17(7-8-18)14-9-13(16)10-15(11-14)19-12(2)3/h9-12,18H,4-8,16H2,1-3H3. The number of benzene rings is 1. The summed E-state index contributed by atoms with van der Waals surface area (Å²) in [5, 5.41) is 9.18. The van der Waals surface area contributed by atoms with E-state index in [0.717, 1.165) is 30.8 Å². The summed E-state index contributed by atoms with van der Waals surface area (Å²) in [5.74, 6) is 0.782.